The van der Waals surface area contributed by atoms with Crippen molar-refractivity contribution in [1.82, 2.24) is 20.8 Å². The fourth-order valence-electron chi connectivity index (χ4n) is 3.48. The molecule has 0 saturated heterocycles. The lowest BCUT2D eigenvalue weighted by atomic mass is 10.1. The van der Waals surface area contributed by atoms with E-state index in [2.05, 4.69) is 20.8 Å². The van der Waals surface area contributed by atoms with E-state index in [1.165, 1.54) is 18.4 Å². The first-order chi connectivity index (χ1) is 15.4. The molecular weight excluding hydrogens is 428 g/mol. The first-order valence-electron chi connectivity index (χ1n) is 10.6. The maximum atomic E-state index is 12.8. The van der Waals surface area contributed by atoms with Crippen molar-refractivity contribution in [3.8, 4) is 11.5 Å². The molecule has 3 aromatic rings. The van der Waals surface area contributed by atoms with E-state index in [4.69, 9.17) is 9.47 Å². The number of aromatic nitrogens is 2. The molecule has 1 fully saturated rings. The van der Waals surface area contributed by atoms with Gasteiger partial charge in [-0.15, -0.1) is 11.3 Å². The summed E-state index contributed by atoms with van der Waals surface area (Å²) in [4.78, 5) is 36.0. The van der Waals surface area contributed by atoms with Gasteiger partial charge in [-0.1, -0.05) is 6.92 Å². The SMILES string of the molecule is CCCOc1ccc(C(=O)NNC(=O)c2sc3nc(C4CC4)nc(C)c3c2C)cc1OC. The molecular formula is C23H26N4O4S. The zero-order chi connectivity index (χ0) is 22.8. The number of nitrogens with zero attached hydrogens (tertiary/aromatic N) is 2. The maximum Gasteiger partial charge on any atom is 0.280 e. The Balaban J connectivity index is 1.47. The van der Waals surface area contributed by atoms with Gasteiger partial charge in [-0.05, 0) is 56.9 Å². The molecule has 2 heterocycles. The van der Waals surface area contributed by atoms with Gasteiger partial charge in [0, 0.05) is 16.9 Å². The number of amides is 2. The van der Waals surface area contributed by atoms with Crippen LogP contribution in [0.4, 0.5) is 0 Å². The second-order valence-corrected chi connectivity index (χ2v) is 8.80. The van der Waals surface area contributed by atoms with Crippen molar-refractivity contribution in [2.24, 2.45) is 0 Å². The highest BCUT2D eigenvalue weighted by molar-refractivity contribution is 7.20. The maximum absolute atomic E-state index is 12.8. The van der Waals surface area contributed by atoms with Crippen molar-refractivity contribution < 1.29 is 19.1 Å². The van der Waals surface area contributed by atoms with E-state index in [1.807, 2.05) is 20.8 Å². The van der Waals surface area contributed by atoms with Gasteiger partial charge in [-0.3, -0.25) is 20.4 Å². The third kappa shape index (κ3) is 4.38. The lowest BCUT2D eigenvalue weighted by Crippen LogP contribution is -2.41. The van der Waals surface area contributed by atoms with Gasteiger partial charge >= 0.3 is 0 Å². The Bertz CT molecular complexity index is 1190. The minimum Gasteiger partial charge on any atom is -0.493 e. The lowest BCUT2D eigenvalue weighted by molar-refractivity contribution is 0.0848. The van der Waals surface area contributed by atoms with Gasteiger partial charge in [-0.25, -0.2) is 9.97 Å². The number of benzene rings is 1. The fourth-order valence-corrected chi connectivity index (χ4v) is 4.62. The van der Waals surface area contributed by atoms with Gasteiger partial charge in [0.2, 0.25) is 0 Å². The van der Waals surface area contributed by atoms with Crippen LogP contribution in [0.1, 0.15) is 69.2 Å². The van der Waals surface area contributed by atoms with Crippen molar-refractivity contribution in [1.29, 1.82) is 0 Å². The van der Waals surface area contributed by atoms with Gasteiger partial charge < -0.3 is 9.47 Å². The summed E-state index contributed by atoms with van der Waals surface area (Å²) in [5, 5.41) is 0.906. The van der Waals surface area contributed by atoms with Crippen LogP contribution in [-0.2, 0) is 0 Å². The predicted molar refractivity (Wildman–Crippen MR) is 123 cm³/mol. The first kappa shape index (κ1) is 22.0. The molecule has 1 aromatic carbocycles. The monoisotopic (exact) mass is 454 g/mol. The highest BCUT2D eigenvalue weighted by atomic mass is 32.1. The van der Waals surface area contributed by atoms with E-state index in [0.717, 1.165) is 46.6 Å². The molecule has 1 saturated carbocycles. The summed E-state index contributed by atoms with van der Waals surface area (Å²) in [7, 11) is 1.52. The number of aryl methyl sites for hydroxylation is 2. The average Bonchev–Trinajstić information content (AvgIpc) is 3.59. The van der Waals surface area contributed by atoms with Crippen molar-refractivity contribution in [2.75, 3.05) is 13.7 Å². The van der Waals surface area contributed by atoms with Crippen LogP contribution in [0.2, 0.25) is 0 Å². The Kier molecular flexibility index (Phi) is 6.27. The number of fused-ring (bicyclic) bond motifs is 1. The summed E-state index contributed by atoms with van der Waals surface area (Å²) in [5.74, 6) is 1.48. The van der Waals surface area contributed by atoms with E-state index in [9.17, 15) is 9.59 Å². The van der Waals surface area contributed by atoms with Crippen LogP contribution < -0.4 is 20.3 Å². The quantitative estimate of drug-likeness (QED) is 0.522. The fraction of sp³-hybridized carbons (Fsp3) is 0.391. The number of methoxy groups -OCH3 is 1. The van der Waals surface area contributed by atoms with Gasteiger partial charge in [0.1, 0.15) is 10.7 Å². The second-order valence-electron chi connectivity index (χ2n) is 7.80. The topological polar surface area (TPSA) is 102 Å². The number of hydrazine groups is 1. The third-order valence-corrected chi connectivity index (χ3v) is 6.50. The molecule has 1 aliphatic carbocycles. The van der Waals surface area contributed by atoms with Crippen molar-refractivity contribution >= 4 is 33.4 Å². The van der Waals surface area contributed by atoms with Crippen LogP contribution in [0.25, 0.3) is 10.2 Å². The smallest absolute Gasteiger partial charge is 0.280 e. The molecule has 0 unspecified atom stereocenters. The lowest BCUT2D eigenvalue weighted by Gasteiger charge is -2.12. The molecule has 0 bridgehead atoms. The number of nitrogens with one attached hydrogen (secondary N) is 2. The molecule has 8 nitrogen and oxygen atoms in total. The van der Waals surface area contributed by atoms with Crippen LogP contribution in [0.15, 0.2) is 18.2 Å². The van der Waals surface area contributed by atoms with E-state index >= 15 is 0 Å². The van der Waals surface area contributed by atoms with Crippen LogP contribution in [0.3, 0.4) is 0 Å². The van der Waals surface area contributed by atoms with Gasteiger partial charge in [0.15, 0.2) is 11.5 Å². The van der Waals surface area contributed by atoms with E-state index in [-0.39, 0.29) is 5.91 Å². The molecule has 32 heavy (non-hydrogen) atoms. The Hall–Kier alpha value is -3.20. The molecule has 0 aliphatic heterocycles. The van der Waals surface area contributed by atoms with E-state index in [1.54, 1.807) is 18.2 Å². The summed E-state index contributed by atoms with van der Waals surface area (Å²) in [6, 6.07) is 4.88. The molecule has 0 atom stereocenters. The highest BCUT2D eigenvalue weighted by Crippen LogP contribution is 2.40. The zero-order valence-electron chi connectivity index (χ0n) is 18.6. The number of rotatable bonds is 7. The Morgan fingerprint density at radius 1 is 1.12 bits per heavy atom. The minimum absolute atomic E-state index is 0.342. The highest BCUT2D eigenvalue weighted by Gasteiger charge is 2.28. The average molecular weight is 455 g/mol. The predicted octanol–water partition coefficient (Wildman–Crippen LogP) is 4.06. The van der Waals surface area contributed by atoms with Crippen molar-refractivity contribution in [2.45, 2.75) is 46.0 Å². The molecule has 168 valence electrons. The van der Waals surface area contributed by atoms with E-state index < -0.39 is 5.91 Å². The standard InChI is InChI=1S/C23H26N4O4S/c1-5-10-31-16-9-8-15(11-17(16)30-4)21(28)26-27-22(29)19-12(2)18-13(3)24-20(14-6-7-14)25-23(18)32-19/h8-9,11,14H,5-7,10H2,1-4H3,(H,26,28)(H,27,29). The molecule has 2 N–H and O–H groups in total. The van der Waals surface area contributed by atoms with Crippen LogP contribution in [-0.4, -0.2) is 35.5 Å². The molecule has 0 spiro atoms. The minimum atomic E-state index is -0.454. The number of carbonyl (C=O) groups excluding carboxylic acids is 2. The van der Waals surface area contributed by atoms with Crippen LogP contribution >= 0.6 is 11.3 Å². The summed E-state index contributed by atoms with van der Waals surface area (Å²) in [6.07, 6.45) is 3.10. The van der Waals surface area contributed by atoms with Crippen LogP contribution in [0.5, 0.6) is 11.5 Å². The normalized spacial score (nSPS) is 13.1. The molecule has 2 amide bonds. The van der Waals surface area contributed by atoms with E-state index in [0.29, 0.717) is 34.5 Å². The summed E-state index contributed by atoms with van der Waals surface area (Å²) in [6.45, 7) is 6.39. The molecule has 0 radical (unpaired) electrons. The summed E-state index contributed by atoms with van der Waals surface area (Å²) >= 11 is 1.32. The largest absolute Gasteiger partial charge is 0.493 e. The van der Waals surface area contributed by atoms with Gasteiger partial charge in [0.05, 0.1) is 24.3 Å². The number of hydrogen-bond donors (Lipinski definition) is 2. The van der Waals surface area contributed by atoms with Gasteiger partial charge in [0.25, 0.3) is 11.8 Å². The third-order valence-electron chi connectivity index (χ3n) is 5.31. The summed E-state index contributed by atoms with van der Waals surface area (Å²) < 4.78 is 10.9. The zero-order valence-corrected chi connectivity index (χ0v) is 19.4. The first-order valence-corrected chi connectivity index (χ1v) is 11.4. The van der Waals surface area contributed by atoms with Crippen LogP contribution in [0, 0.1) is 13.8 Å². The Morgan fingerprint density at radius 3 is 2.56 bits per heavy atom. The molecule has 2 aromatic heterocycles. The number of hydrogen-bond acceptors (Lipinski definition) is 7. The van der Waals surface area contributed by atoms with Crippen molar-refractivity contribution in [3.63, 3.8) is 0 Å². The summed E-state index contributed by atoms with van der Waals surface area (Å²) in [5.41, 5.74) is 7.02. The number of carbonyl (C=O) groups is 2. The molecule has 9 heteroatoms. The number of thiophene rings is 1. The molecule has 1 aliphatic rings. The Labute approximate surface area is 190 Å². The Morgan fingerprint density at radius 2 is 1.88 bits per heavy atom. The molecule has 4 rings (SSSR count). The van der Waals surface area contributed by atoms with Crippen molar-refractivity contribution in [3.05, 3.63) is 45.7 Å². The number of ether oxygens (including phenoxy) is 2. The second kappa shape index (κ2) is 9.12. The van der Waals surface area contributed by atoms with Gasteiger partial charge in [-0.2, -0.15) is 0 Å².